The molecule has 21 heavy (non-hydrogen) atoms. The van der Waals surface area contributed by atoms with Gasteiger partial charge in [0.1, 0.15) is 5.75 Å². The zero-order valence-electron chi connectivity index (χ0n) is 11.6. The number of ether oxygens (including phenoxy) is 1. The topological polar surface area (TPSA) is 79.9 Å². The quantitative estimate of drug-likeness (QED) is 0.798. The van der Waals surface area contributed by atoms with E-state index < -0.39 is 0 Å². The number of nitrogens with zero attached hydrogens (tertiary/aromatic N) is 2. The van der Waals surface area contributed by atoms with Crippen LogP contribution in [0.3, 0.4) is 0 Å². The molecule has 2 N–H and O–H groups in total. The average molecular weight is 327 g/mol. The van der Waals surface area contributed by atoms with Crippen LogP contribution in [-0.4, -0.2) is 33.4 Å². The largest absolute Gasteiger partial charge is 0.484 e. The Morgan fingerprint density at radius 2 is 2.33 bits per heavy atom. The van der Waals surface area contributed by atoms with Gasteiger partial charge in [-0.25, -0.2) is 5.10 Å². The molecule has 6 nitrogen and oxygen atoms in total. The number of hydrogen-bond acceptors (Lipinski definition) is 5. The number of hydrogen-bond donors (Lipinski definition) is 2. The highest BCUT2D eigenvalue weighted by Gasteiger charge is 2.08. The summed E-state index contributed by atoms with van der Waals surface area (Å²) in [6.07, 6.45) is 0. The van der Waals surface area contributed by atoms with Crippen molar-refractivity contribution < 1.29 is 9.53 Å². The van der Waals surface area contributed by atoms with Crippen LogP contribution in [0.25, 0.3) is 0 Å². The molecule has 0 spiro atoms. The number of aryl methyl sites for hydroxylation is 1. The lowest BCUT2D eigenvalue weighted by Gasteiger charge is -2.07. The van der Waals surface area contributed by atoms with Crippen molar-refractivity contribution in [3.8, 4) is 5.75 Å². The highest BCUT2D eigenvalue weighted by atomic mass is 35.5. The number of benzene rings is 1. The Bertz CT molecular complexity index is 632. The fraction of sp³-hybridized carbons (Fsp3) is 0.308. The van der Waals surface area contributed by atoms with Crippen molar-refractivity contribution in [1.29, 1.82) is 0 Å². The first-order chi connectivity index (χ1) is 10.1. The number of carbonyl (C=O) groups is 1. The Hall–Kier alpha value is -1.73. The van der Waals surface area contributed by atoms with Crippen LogP contribution >= 0.6 is 23.4 Å². The summed E-state index contributed by atoms with van der Waals surface area (Å²) in [6, 6.07) is 5.22. The molecular weight excluding hydrogens is 312 g/mol. The van der Waals surface area contributed by atoms with Gasteiger partial charge in [0.15, 0.2) is 6.61 Å². The third-order valence-corrected chi connectivity index (χ3v) is 3.65. The van der Waals surface area contributed by atoms with Gasteiger partial charge in [-0.2, -0.15) is 4.98 Å². The molecule has 0 saturated heterocycles. The van der Waals surface area contributed by atoms with E-state index in [4.69, 9.17) is 16.3 Å². The summed E-state index contributed by atoms with van der Waals surface area (Å²) < 4.78 is 5.39. The molecule has 8 heteroatoms. The molecule has 0 atom stereocenters. The summed E-state index contributed by atoms with van der Waals surface area (Å²) in [7, 11) is 0. The number of anilines is 1. The minimum Gasteiger partial charge on any atom is -0.484 e. The predicted octanol–water partition coefficient (Wildman–Crippen LogP) is 2.90. The number of aromatic amines is 1. The molecule has 1 heterocycles. The Morgan fingerprint density at radius 3 is 3.05 bits per heavy atom. The molecule has 0 aliphatic rings. The standard InChI is InChI=1S/C13H15ClN4O2S/c1-3-21-13-16-12(17-18-13)15-11(19)7-20-9-4-5-10(14)8(2)6-9/h4-6H,3,7H2,1-2H3,(H2,15,16,17,18,19). The highest BCUT2D eigenvalue weighted by Crippen LogP contribution is 2.21. The predicted molar refractivity (Wildman–Crippen MR) is 83.1 cm³/mol. The van der Waals surface area contributed by atoms with E-state index in [1.807, 2.05) is 13.8 Å². The summed E-state index contributed by atoms with van der Waals surface area (Å²) in [5.74, 6) is 1.45. The minimum atomic E-state index is -0.313. The molecule has 0 fully saturated rings. The maximum atomic E-state index is 11.7. The van der Waals surface area contributed by atoms with E-state index in [1.165, 1.54) is 11.8 Å². The molecule has 1 amide bonds. The first-order valence-electron chi connectivity index (χ1n) is 6.32. The summed E-state index contributed by atoms with van der Waals surface area (Å²) in [5.41, 5.74) is 0.894. The minimum absolute atomic E-state index is 0.113. The molecule has 2 rings (SSSR count). The average Bonchev–Trinajstić information content (AvgIpc) is 2.88. The Morgan fingerprint density at radius 1 is 1.52 bits per heavy atom. The number of aromatic nitrogens is 3. The van der Waals surface area contributed by atoms with Crippen LogP contribution in [0.1, 0.15) is 12.5 Å². The lowest BCUT2D eigenvalue weighted by atomic mass is 10.2. The van der Waals surface area contributed by atoms with E-state index in [1.54, 1.807) is 18.2 Å². The fourth-order valence-electron chi connectivity index (χ4n) is 1.52. The normalized spacial score (nSPS) is 10.4. The molecule has 1 aromatic heterocycles. The fourth-order valence-corrected chi connectivity index (χ4v) is 2.16. The van der Waals surface area contributed by atoms with Crippen molar-refractivity contribution in [2.75, 3.05) is 17.7 Å². The monoisotopic (exact) mass is 326 g/mol. The third kappa shape index (κ3) is 4.64. The van der Waals surface area contributed by atoms with Gasteiger partial charge in [-0.15, -0.1) is 5.10 Å². The van der Waals surface area contributed by atoms with Gasteiger partial charge in [-0.3, -0.25) is 10.1 Å². The van der Waals surface area contributed by atoms with E-state index in [0.717, 1.165) is 11.3 Å². The molecule has 0 saturated carbocycles. The summed E-state index contributed by atoms with van der Waals surface area (Å²) >= 11 is 7.41. The SMILES string of the molecule is CCSc1n[nH]c(NC(=O)COc2ccc(Cl)c(C)c2)n1. The van der Waals surface area contributed by atoms with Crippen LogP contribution in [-0.2, 0) is 4.79 Å². The van der Waals surface area contributed by atoms with Crippen LogP contribution in [0.4, 0.5) is 5.95 Å². The van der Waals surface area contributed by atoms with E-state index in [-0.39, 0.29) is 12.5 Å². The number of halogens is 1. The molecule has 0 unspecified atom stereocenters. The molecule has 0 aliphatic heterocycles. The number of H-pyrrole nitrogens is 1. The highest BCUT2D eigenvalue weighted by molar-refractivity contribution is 7.99. The number of rotatable bonds is 6. The molecule has 0 radical (unpaired) electrons. The molecule has 2 aromatic rings. The first kappa shape index (κ1) is 15.7. The summed E-state index contributed by atoms with van der Waals surface area (Å²) in [5, 5.41) is 10.4. The number of carbonyl (C=O) groups excluding carboxylic acids is 1. The van der Waals surface area contributed by atoms with Crippen molar-refractivity contribution in [3.63, 3.8) is 0 Å². The van der Waals surface area contributed by atoms with Gasteiger partial charge in [-0.05, 0) is 36.4 Å². The van der Waals surface area contributed by atoms with Crippen molar-refractivity contribution in [3.05, 3.63) is 28.8 Å². The van der Waals surface area contributed by atoms with Crippen molar-refractivity contribution in [2.45, 2.75) is 19.0 Å². The molecule has 0 aliphatic carbocycles. The maximum Gasteiger partial charge on any atom is 0.264 e. The Balaban J connectivity index is 1.85. The van der Waals surface area contributed by atoms with Gasteiger partial charge >= 0.3 is 0 Å². The van der Waals surface area contributed by atoms with E-state index >= 15 is 0 Å². The van der Waals surface area contributed by atoms with Gasteiger partial charge < -0.3 is 4.74 Å². The van der Waals surface area contributed by atoms with Gasteiger partial charge in [0, 0.05) is 5.02 Å². The second kappa shape index (κ2) is 7.33. The van der Waals surface area contributed by atoms with Gasteiger partial charge in [0.2, 0.25) is 11.1 Å². The molecule has 112 valence electrons. The lowest BCUT2D eigenvalue weighted by Crippen LogP contribution is -2.20. The van der Waals surface area contributed by atoms with Gasteiger partial charge in [0.25, 0.3) is 5.91 Å². The van der Waals surface area contributed by atoms with Crippen molar-refractivity contribution >= 4 is 35.2 Å². The Kier molecular flexibility index (Phi) is 5.46. The summed E-state index contributed by atoms with van der Waals surface area (Å²) in [4.78, 5) is 15.9. The van der Waals surface area contributed by atoms with Gasteiger partial charge in [-0.1, -0.05) is 30.3 Å². The number of nitrogens with one attached hydrogen (secondary N) is 2. The van der Waals surface area contributed by atoms with Crippen LogP contribution in [0.5, 0.6) is 5.75 Å². The smallest absolute Gasteiger partial charge is 0.264 e. The second-order valence-corrected chi connectivity index (χ2v) is 5.79. The third-order valence-electron chi connectivity index (χ3n) is 2.50. The number of thioether (sulfide) groups is 1. The van der Waals surface area contributed by atoms with Crippen LogP contribution < -0.4 is 10.1 Å². The second-order valence-electron chi connectivity index (χ2n) is 4.15. The van der Waals surface area contributed by atoms with E-state index in [9.17, 15) is 4.79 Å². The van der Waals surface area contributed by atoms with Crippen LogP contribution in [0.15, 0.2) is 23.4 Å². The van der Waals surface area contributed by atoms with E-state index in [2.05, 4.69) is 20.5 Å². The zero-order chi connectivity index (χ0) is 15.2. The first-order valence-corrected chi connectivity index (χ1v) is 7.69. The zero-order valence-corrected chi connectivity index (χ0v) is 13.2. The van der Waals surface area contributed by atoms with Crippen LogP contribution in [0, 0.1) is 6.92 Å². The number of amides is 1. The molecule has 0 bridgehead atoms. The Labute approximate surface area is 131 Å². The molecule has 1 aromatic carbocycles. The van der Waals surface area contributed by atoms with Crippen molar-refractivity contribution in [1.82, 2.24) is 15.2 Å². The lowest BCUT2D eigenvalue weighted by molar-refractivity contribution is -0.118. The van der Waals surface area contributed by atoms with Crippen molar-refractivity contribution in [2.24, 2.45) is 0 Å². The van der Waals surface area contributed by atoms with Gasteiger partial charge in [0.05, 0.1) is 0 Å². The summed E-state index contributed by atoms with van der Waals surface area (Å²) in [6.45, 7) is 3.76. The maximum absolute atomic E-state index is 11.7. The molecular formula is C13H15ClN4O2S. The van der Waals surface area contributed by atoms with E-state index in [0.29, 0.717) is 21.9 Å². The van der Waals surface area contributed by atoms with Crippen LogP contribution in [0.2, 0.25) is 5.02 Å².